The van der Waals surface area contributed by atoms with Crippen LogP contribution in [0.3, 0.4) is 0 Å². The zero-order valence-electron chi connectivity index (χ0n) is 11.6. The zero-order valence-corrected chi connectivity index (χ0v) is 11.6. The van der Waals surface area contributed by atoms with Crippen molar-refractivity contribution in [2.75, 3.05) is 7.11 Å². The maximum atomic E-state index is 11.6. The number of hydrogen-bond donors (Lipinski definition) is 2. The summed E-state index contributed by atoms with van der Waals surface area (Å²) in [7, 11) is 1.60. The first-order valence-electron chi connectivity index (χ1n) is 5.90. The van der Waals surface area contributed by atoms with E-state index >= 15 is 0 Å². The lowest BCUT2D eigenvalue weighted by molar-refractivity contribution is -0.136. The maximum absolute atomic E-state index is 11.6. The first-order valence-corrected chi connectivity index (χ1v) is 5.90. The van der Waals surface area contributed by atoms with Crippen LogP contribution in [-0.4, -0.2) is 23.7 Å². The summed E-state index contributed by atoms with van der Waals surface area (Å²) in [4.78, 5) is 11.6. The van der Waals surface area contributed by atoms with Crippen LogP contribution >= 0.6 is 0 Å². The summed E-state index contributed by atoms with van der Waals surface area (Å²) >= 11 is 0. The van der Waals surface area contributed by atoms with Gasteiger partial charge in [0.15, 0.2) is 0 Å². The Morgan fingerprint density at radius 1 is 1.33 bits per heavy atom. The van der Waals surface area contributed by atoms with Gasteiger partial charge in [0.05, 0.1) is 7.11 Å². The molecule has 0 unspecified atom stereocenters. The summed E-state index contributed by atoms with van der Waals surface area (Å²) in [6, 6.07) is 3.93. The summed E-state index contributed by atoms with van der Waals surface area (Å²) in [6.07, 6.45) is 0. The number of aliphatic hydroxyl groups is 1. The molecule has 0 aliphatic rings. The summed E-state index contributed by atoms with van der Waals surface area (Å²) < 4.78 is 5.29. The van der Waals surface area contributed by atoms with Gasteiger partial charge in [-0.15, -0.1) is 0 Å². The topological polar surface area (TPSA) is 58.6 Å². The molecule has 0 aliphatic carbocycles. The van der Waals surface area contributed by atoms with Crippen LogP contribution < -0.4 is 10.1 Å². The predicted molar refractivity (Wildman–Crippen MR) is 70.6 cm³/mol. The van der Waals surface area contributed by atoms with E-state index in [1.807, 2.05) is 26.0 Å². The summed E-state index contributed by atoms with van der Waals surface area (Å²) in [5.41, 5.74) is 1.82. The quantitative estimate of drug-likeness (QED) is 0.856. The third kappa shape index (κ3) is 3.47. The van der Waals surface area contributed by atoms with Crippen LogP contribution in [0.1, 0.15) is 30.5 Å². The molecular weight excluding hydrogens is 230 g/mol. The van der Waals surface area contributed by atoms with E-state index in [1.165, 1.54) is 13.8 Å². The second-order valence-corrected chi connectivity index (χ2v) is 4.99. The van der Waals surface area contributed by atoms with Crippen molar-refractivity contribution in [2.24, 2.45) is 0 Å². The van der Waals surface area contributed by atoms with Crippen LogP contribution in [0.2, 0.25) is 0 Å². The van der Waals surface area contributed by atoms with Gasteiger partial charge in [0.25, 0.3) is 5.91 Å². The number of carbonyl (C=O) groups is 1. The molecular formula is C14H21NO3. The second-order valence-electron chi connectivity index (χ2n) is 4.99. The van der Waals surface area contributed by atoms with E-state index in [9.17, 15) is 9.90 Å². The van der Waals surface area contributed by atoms with Gasteiger partial charge in [-0.25, -0.2) is 0 Å². The predicted octanol–water partition coefficient (Wildman–Crippen LogP) is 1.70. The molecule has 0 radical (unpaired) electrons. The SMILES string of the molecule is COc1cc(C)c(C)cc1CNC(=O)C(C)(C)O. The Morgan fingerprint density at radius 2 is 1.89 bits per heavy atom. The number of carbonyl (C=O) groups excluding carboxylic acids is 1. The third-order valence-corrected chi connectivity index (χ3v) is 2.89. The summed E-state index contributed by atoms with van der Waals surface area (Å²) in [5.74, 6) is 0.344. The molecule has 1 aromatic rings. The molecule has 100 valence electrons. The largest absolute Gasteiger partial charge is 0.496 e. The average molecular weight is 251 g/mol. The fraction of sp³-hybridized carbons (Fsp3) is 0.500. The molecule has 1 aromatic carbocycles. The highest BCUT2D eigenvalue weighted by molar-refractivity contribution is 5.83. The third-order valence-electron chi connectivity index (χ3n) is 2.89. The first-order chi connectivity index (χ1) is 8.25. The van der Waals surface area contributed by atoms with Crippen LogP contribution in [-0.2, 0) is 11.3 Å². The van der Waals surface area contributed by atoms with Crippen molar-refractivity contribution in [1.29, 1.82) is 0 Å². The fourth-order valence-corrected chi connectivity index (χ4v) is 1.57. The number of methoxy groups -OCH3 is 1. The molecule has 4 heteroatoms. The molecule has 0 bridgehead atoms. The van der Waals surface area contributed by atoms with Crippen LogP contribution in [0.4, 0.5) is 0 Å². The van der Waals surface area contributed by atoms with Gasteiger partial charge >= 0.3 is 0 Å². The zero-order chi connectivity index (χ0) is 13.9. The Morgan fingerprint density at radius 3 is 2.39 bits per heavy atom. The molecule has 0 saturated heterocycles. The minimum atomic E-state index is -1.37. The molecule has 0 heterocycles. The second kappa shape index (κ2) is 5.40. The molecule has 18 heavy (non-hydrogen) atoms. The van der Waals surface area contributed by atoms with Gasteiger partial charge in [0, 0.05) is 12.1 Å². The van der Waals surface area contributed by atoms with Gasteiger partial charge < -0.3 is 15.2 Å². The molecule has 1 rings (SSSR count). The maximum Gasteiger partial charge on any atom is 0.251 e. The number of rotatable bonds is 4. The van der Waals surface area contributed by atoms with Gasteiger partial charge in [-0.05, 0) is 44.9 Å². The lowest BCUT2D eigenvalue weighted by atomic mass is 10.0. The Bertz CT molecular complexity index is 447. The molecule has 0 aliphatic heterocycles. The smallest absolute Gasteiger partial charge is 0.251 e. The lowest BCUT2D eigenvalue weighted by Gasteiger charge is -2.18. The summed E-state index contributed by atoms with van der Waals surface area (Å²) in [5, 5.41) is 12.2. The molecule has 0 spiro atoms. The molecule has 0 atom stereocenters. The average Bonchev–Trinajstić information content (AvgIpc) is 2.28. The fourth-order valence-electron chi connectivity index (χ4n) is 1.57. The number of benzene rings is 1. The van der Waals surface area contributed by atoms with Gasteiger partial charge in [-0.3, -0.25) is 4.79 Å². The minimum Gasteiger partial charge on any atom is -0.496 e. The van der Waals surface area contributed by atoms with Crippen molar-refractivity contribution in [2.45, 2.75) is 39.8 Å². The number of amides is 1. The van der Waals surface area contributed by atoms with E-state index in [4.69, 9.17) is 4.74 Å². The number of ether oxygens (including phenoxy) is 1. The number of hydrogen-bond acceptors (Lipinski definition) is 3. The van der Waals surface area contributed by atoms with Crippen molar-refractivity contribution < 1.29 is 14.6 Å². The van der Waals surface area contributed by atoms with Crippen molar-refractivity contribution in [3.63, 3.8) is 0 Å². The van der Waals surface area contributed by atoms with Crippen LogP contribution in [0, 0.1) is 13.8 Å². The first kappa shape index (κ1) is 14.5. The van der Waals surface area contributed by atoms with E-state index < -0.39 is 11.5 Å². The molecule has 0 saturated carbocycles. The van der Waals surface area contributed by atoms with Gasteiger partial charge in [-0.1, -0.05) is 6.07 Å². The van der Waals surface area contributed by atoms with Crippen molar-refractivity contribution in [1.82, 2.24) is 5.32 Å². The lowest BCUT2D eigenvalue weighted by Crippen LogP contribution is -2.41. The molecule has 4 nitrogen and oxygen atoms in total. The molecule has 1 amide bonds. The van der Waals surface area contributed by atoms with Gasteiger partial charge in [0.1, 0.15) is 11.4 Å². The Kier molecular flexibility index (Phi) is 4.35. The van der Waals surface area contributed by atoms with Crippen LogP contribution in [0.25, 0.3) is 0 Å². The van der Waals surface area contributed by atoms with E-state index in [0.29, 0.717) is 6.54 Å². The van der Waals surface area contributed by atoms with Crippen molar-refractivity contribution in [3.05, 3.63) is 28.8 Å². The van der Waals surface area contributed by atoms with Crippen molar-refractivity contribution in [3.8, 4) is 5.75 Å². The van der Waals surface area contributed by atoms with Gasteiger partial charge in [0.2, 0.25) is 0 Å². The standard InChI is InChI=1S/C14H21NO3/c1-9-6-11(12(18-5)7-10(9)2)8-15-13(16)14(3,4)17/h6-7,17H,8H2,1-5H3,(H,15,16). The summed E-state index contributed by atoms with van der Waals surface area (Å²) in [6.45, 7) is 7.28. The van der Waals surface area contributed by atoms with Crippen molar-refractivity contribution >= 4 is 5.91 Å². The highest BCUT2D eigenvalue weighted by Gasteiger charge is 2.23. The van der Waals surface area contributed by atoms with Gasteiger partial charge in [-0.2, -0.15) is 0 Å². The van der Waals surface area contributed by atoms with Crippen LogP contribution in [0.15, 0.2) is 12.1 Å². The number of aryl methyl sites for hydroxylation is 2. The molecule has 0 aromatic heterocycles. The number of nitrogens with one attached hydrogen (secondary N) is 1. The highest BCUT2D eigenvalue weighted by atomic mass is 16.5. The normalized spacial score (nSPS) is 11.2. The minimum absolute atomic E-state index is 0.340. The Hall–Kier alpha value is -1.55. The molecule has 2 N–H and O–H groups in total. The molecule has 0 fully saturated rings. The highest BCUT2D eigenvalue weighted by Crippen LogP contribution is 2.23. The van der Waals surface area contributed by atoms with E-state index in [2.05, 4.69) is 5.32 Å². The Labute approximate surface area is 108 Å². The van der Waals surface area contributed by atoms with E-state index in [0.717, 1.165) is 22.4 Å². The van der Waals surface area contributed by atoms with E-state index in [1.54, 1.807) is 7.11 Å². The van der Waals surface area contributed by atoms with Crippen LogP contribution in [0.5, 0.6) is 5.75 Å². The monoisotopic (exact) mass is 251 g/mol. The van der Waals surface area contributed by atoms with E-state index in [-0.39, 0.29) is 0 Å². The Balaban J connectivity index is 2.85.